The maximum absolute atomic E-state index is 12.9. The summed E-state index contributed by atoms with van der Waals surface area (Å²) in [5.41, 5.74) is 2.27. The zero-order valence-corrected chi connectivity index (χ0v) is 22.0. The standard InChI is InChI=1S/C26H36F3N5O2S/c1-2-34-23(16-20(17-30)24(35)32-18-26(27,28)29)37-22(25(34)36)9-11-31-21-8-6-7-19(15-21)10-14-33-12-4-3-5-13-33/h6-8,15,20,22-23,31H,2-5,9-14,16,18H2,1H3,(H,32,35). The number of likely N-dealkylation sites (tertiary alicyclic amines) is 1. The van der Waals surface area contributed by atoms with Crippen molar-refractivity contribution in [3.8, 4) is 6.07 Å². The topological polar surface area (TPSA) is 88.5 Å². The van der Waals surface area contributed by atoms with Crippen molar-refractivity contribution in [2.24, 2.45) is 5.92 Å². The number of carbonyl (C=O) groups excluding carboxylic acids is 2. The number of thioether (sulfide) groups is 1. The summed E-state index contributed by atoms with van der Waals surface area (Å²) in [4.78, 5) is 29.1. The smallest absolute Gasteiger partial charge is 0.385 e. The average Bonchev–Trinajstić information content (AvgIpc) is 3.18. The van der Waals surface area contributed by atoms with E-state index in [0.717, 1.165) is 18.7 Å². The summed E-state index contributed by atoms with van der Waals surface area (Å²) in [7, 11) is 0. The van der Waals surface area contributed by atoms with Gasteiger partial charge in [-0.05, 0) is 63.4 Å². The minimum atomic E-state index is -4.55. The molecule has 0 aromatic heterocycles. The van der Waals surface area contributed by atoms with Crippen molar-refractivity contribution >= 4 is 29.3 Å². The van der Waals surface area contributed by atoms with Crippen LogP contribution >= 0.6 is 11.8 Å². The lowest BCUT2D eigenvalue weighted by atomic mass is 10.1. The van der Waals surface area contributed by atoms with Crippen LogP contribution < -0.4 is 10.6 Å². The Labute approximate surface area is 221 Å². The van der Waals surface area contributed by atoms with E-state index >= 15 is 0 Å². The summed E-state index contributed by atoms with van der Waals surface area (Å²) in [6.45, 7) is 4.72. The maximum atomic E-state index is 12.9. The number of nitrogens with zero attached hydrogens (tertiary/aromatic N) is 3. The molecule has 2 amide bonds. The summed E-state index contributed by atoms with van der Waals surface area (Å²) in [6, 6.07) is 10.1. The molecular weight excluding hydrogens is 503 g/mol. The highest BCUT2D eigenvalue weighted by atomic mass is 32.2. The van der Waals surface area contributed by atoms with Gasteiger partial charge in [0.15, 0.2) is 0 Å². The molecule has 0 saturated carbocycles. The summed E-state index contributed by atoms with van der Waals surface area (Å²) in [6.07, 6.45) is 0.880. The van der Waals surface area contributed by atoms with Gasteiger partial charge in [0.1, 0.15) is 12.5 Å². The van der Waals surface area contributed by atoms with Crippen molar-refractivity contribution < 1.29 is 22.8 Å². The van der Waals surface area contributed by atoms with Crippen molar-refractivity contribution in [1.82, 2.24) is 15.1 Å². The second kappa shape index (κ2) is 13.9. The van der Waals surface area contributed by atoms with E-state index in [2.05, 4.69) is 22.3 Å². The molecule has 37 heavy (non-hydrogen) atoms. The Kier molecular flexibility index (Phi) is 10.9. The van der Waals surface area contributed by atoms with E-state index in [-0.39, 0.29) is 17.6 Å². The van der Waals surface area contributed by atoms with E-state index in [1.807, 2.05) is 19.1 Å². The minimum absolute atomic E-state index is 0.00652. The zero-order valence-electron chi connectivity index (χ0n) is 21.2. The van der Waals surface area contributed by atoms with Gasteiger partial charge in [0.25, 0.3) is 0 Å². The van der Waals surface area contributed by atoms with Crippen LogP contribution in [0, 0.1) is 17.2 Å². The first kappa shape index (κ1) is 29.1. The van der Waals surface area contributed by atoms with Gasteiger partial charge in [0.2, 0.25) is 11.8 Å². The zero-order chi connectivity index (χ0) is 26.8. The molecule has 0 spiro atoms. The van der Waals surface area contributed by atoms with Gasteiger partial charge >= 0.3 is 6.18 Å². The number of benzene rings is 1. The fraction of sp³-hybridized carbons (Fsp3) is 0.654. The van der Waals surface area contributed by atoms with Crippen LogP contribution in [0.15, 0.2) is 24.3 Å². The molecule has 3 atom stereocenters. The molecule has 2 N–H and O–H groups in total. The van der Waals surface area contributed by atoms with E-state index in [1.165, 1.54) is 49.7 Å². The molecule has 0 bridgehead atoms. The molecule has 204 valence electrons. The van der Waals surface area contributed by atoms with Gasteiger partial charge in [0.05, 0.1) is 16.7 Å². The predicted molar refractivity (Wildman–Crippen MR) is 139 cm³/mol. The van der Waals surface area contributed by atoms with Gasteiger partial charge in [0, 0.05) is 31.7 Å². The Hall–Kier alpha value is -2.45. The molecule has 11 heteroatoms. The van der Waals surface area contributed by atoms with Crippen molar-refractivity contribution in [1.29, 1.82) is 5.26 Å². The first-order chi connectivity index (χ1) is 17.7. The third kappa shape index (κ3) is 9.11. The van der Waals surface area contributed by atoms with Crippen molar-refractivity contribution in [3.63, 3.8) is 0 Å². The van der Waals surface area contributed by atoms with E-state index in [9.17, 15) is 28.0 Å². The van der Waals surface area contributed by atoms with E-state index in [0.29, 0.717) is 19.5 Å². The predicted octanol–water partition coefficient (Wildman–Crippen LogP) is 4.02. The van der Waals surface area contributed by atoms with Crippen LogP contribution in [0.5, 0.6) is 0 Å². The Morgan fingerprint density at radius 3 is 2.70 bits per heavy atom. The number of rotatable bonds is 12. The monoisotopic (exact) mass is 539 g/mol. The molecule has 2 fully saturated rings. The first-order valence-corrected chi connectivity index (χ1v) is 13.9. The number of piperidine rings is 1. The molecule has 2 saturated heterocycles. The third-order valence-electron chi connectivity index (χ3n) is 6.77. The van der Waals surface area contributed by atoms with Crippen LogP contribution in [0.3, 0.4) is 0 Å². The molecule has 1 aromatic carbocycles. The number of amides is 2. The van der Waals surface area contributed by atoms with Gasteiger partial charge in [-0.25, -0.2) is 0 Å². The third-order valence-corrected chi connectivity index (χ3v) is 8.30. The van der Waals surface area contributed by atoms with Gasteiger partial charge in [-0.3, -0.25) is 9.59 Å². The largest absolute Gasteiger partial charge is 0.405 e. The summed E-state index contributed by atoms with van der Waals surface area (Å²) in [5.74, 6) is -2.29. The summed E-state index contributed by atoms with van der Waals surface area (Å²) in [5, 5.41) is 13.8. The Morgan fingerprint density at radius 1 is 1.27 bits per heavy atom. The molecule has 1 aromatic rings. The number of nitrogens with one attached hydrogen (secondary N) is 2. The van der Waals surface area contributed by atoms with Crippen LogP contribution in [0.25, 0.3) is 0 Å². The quantitative estimate of drug-likeness (QED) is 0.417. The Bertz CT molecular complexity index is 949. The molecule has 7 nitrogen and oxygen atoms in total. The number of hydrogen-bond acceptors (Lipinski definition) is 6. The molecule has 3 rings (SSSR count). The molecular formula is C26H36F3N5O2S. The van der Waals surface area contributed by atoms with E-state index in [1.54, 1.807) is 16.3 Å². The molecule has 0 radical (unpaired) electrons. The van der Waals surface area contributed by atoms with Crippen LogP contribution in [0.2, 0.25) is 0 Å². The van der Waals surface area contributed by atoms with Gasteiger partial charge in [-0.15, -0.1) is 11.8 Å². The van der Waals surface area contributed by atoms with Crippen LogP contribution in [0.1, 0.15) is 44.6 Å². The van der Waals surface area contributed by atoms with Crippen LogP contribution in [-0.4, -0.2) is 77.7 Å². The Morgan fingerprint density at radius 2 is 2.03 bits per heavy atom. The average molecular weight is 540 g/mol. The lowest BCUT2D eigenvalue weighted by molar-refractivity contribution is -0.140. The summed E-state index contributed by atoms with van der Waals surface area (Å²) >= 11 is 1.38. The highest BCUT2D eigenvalue weighted by Gasteiger charge is 2.41. The van der Waals surface area contributed by atoms with E-state index in [4.69, 9.17) is 0 Å². The molecule has 3 unspecified atom stereocenters. The SMILES string of the molecule is CCN1C(=O)C(CCNc2cccc(CCN3CCCCC3)c2)SC1CC(C#N)C(=O)NCC(F)(F)F. The second-order valence-electron chi connectivity index (χ2n) is 9.52. The number of carbonyl (C=O) groups is 2. The number of hydrogen-bond donors (Lipinski definition) is 2. The highest BCUT2D eigenvalue weighted by molar-refractivity contribution is 8.01. The molecule has 2 heterocycles. The van der Waals surface area contributed by atoms with Crippen molar-refractivity contribution in [2.45, 2.75) is 62.2 Å². The van der Waals surface area contributed by atoms with Crippen LogP contribution in [-0.2, 0) is 16.0 Å². The second-order valence-corrected chi connectivity index (χ2v) is 10.9. The first-order valence-electron chi connectivity index (χ1n) is 13.0. The number of alkyl halides is 3. The number of nitriles is 1. The van der Waals surface area contributed by atoms with Crippen LogP contribution in [0.4, 0.5) is 18.9 Å². The molecule has 2 aliphatic heterocycles. The fourth-order valence-electron chi connectivity index (χ4n) is 4.77. The lowest BCUT2D eigenvalue weighted by Crippen LogP contribution is -2.40. The van der Waals surface area contributed by atoms with Crippen molar-refractivity contribution in [2.75, 3.05) is 44.6 Å². The molecule has 2 aliphatic rings. The number of halogens is 3. The number of anilines is 1. The Balaban J connectivity index is 1.48. The van der Waals surface area contributed by atoms with Gasteiger partial charge in [-0.1, -0.05) is 18.6 Å². The van der Waals surface area contributed by atoms with Crippen molar-refractivity contribution in [3.05, 3.63) is 29.8 Å². The normalized spacial score (nSPS) is 21.5. The lowest BCUT2D eigenvalue weighted by Gasteiger charge is -2.26. The molecule has 0 aliphatic carbocycles. The fourth-order valence-corrected chi connectivity index (χ4v) is 6.36. The maximum Gasteiger partial charge on any atom is 0.405 e. The van der Waals surface area contributed by atoms with E-state index < -0.39 is 29.9 Å². The highest BCUT2D eigenvalue weighted by Crippen LogP contribution is 2.37. The summed E-state index contributed by atoms with van der Waals surface area (Å²) < 4.78 is 37.3. The van der Waals surface area contributed by atoms with Gasteiger partial charge < -0.3 is 20.4 Å². The minimum Gasteiger partial charge on any atom is -0.385 e. The van der Waals surface area contributed by atoms with Gasteiger partial charge in [-0.2, -0.15) is 18.4 Å².